The fourth-order valence-corrected chi connectivity index (χ4v) is 4.31. The number of aromatic nitrogens is 3. The number of rotatable bonds is 6. The van der Waals surface area contributed by atoms with Crippen LogP contribution >= 0.6 is 11.8 Å². The van der Waals surface area contributed by atoms with E-state index in [4.69, 9.17) is 4.74 Å². The summed E-state index contributed by atoms with van der Waals surface area (Å²) in [6, 6.07) is 2.32. The second kappa shape index (κ2) is 8.73. The molecular weight excluding hydrogens is 352 g/mol. The van der Waals surface area contributed by atoms with Gasteiger partial charge in [0.15, 0.2) is 5.16 Å². The van der Waals surface area contributed by atoms with E-state index in [1.54, 1.807) is 0 Å². The molecule has 26 heavy (non-hydrogen) atoms. The molecule has 142 valence electrons. The Bertz CT molecular complexity index is 659. The summed E-state index contributed by atoms with van der Waals surface area (Å²) < 4.78 is 7.42. The van der Waals surface area contributed by atoms with Crippen LogP contribution in [0.5, 0.6) is 0 Å². The number of thioether (sulfide) groups is 1. The Morgan fingerprint density at radius 1 is 1.31 bits per heavy atom. The molecule has 0 unspecified atom stereocenters. The fourth-order valence-electron chi connectivity index (χ4n) is 3.51. The molecular formula is C17H26N6O2S. The van der Waals surface area contributed by atoms with Crippen molar-refractivity contribution < 1.29 is 9.53 Å². The number of amides is 1. The Labute approximate surface area is 158 Å². The predicted octanol–water partition coefficient (Wildman–Crippen LogP) is 1.57. The average molecular weight is 379 g/mol. The maximum atomic E-state index is 12.4. The van der Waals surface area contributed by atoms with Gasteiger partial charge in [0.05, 0.1) is 25.0 Å². The van der Waals surface area contributed by atoms with Crippen molar-refractivity contribution >= 4 is 23.6 Å². The Balaban J connectivity index is 1.59. The molecule has 9 heteroatoms. The largest absolute Gasteiger partial charge is 0.378 e. The van der Waals surface area contributed by atoms with E-state index < -0.39 is 5.54 Å². The molecule has 3 rings (SSSR count). The lowest BCUT2D eigenvalue weighted by Gasteiger charge is -2.31. The van der Waals surface area contributed by atoms with Crippen LogP contribution in [0.4, 0.5) is 5.95 Å². The highest BCUT2D eigenvalue weighted by atomic mass is 32.2. The highest BCUT2D eigenvalue weighted by molar-refractivity contribution is 7.99. The van der Waals surface area contributed by atoms with Gasteiger partial charge in [-0.15, -0.1) is 10.2 Å². The first kappa shape index (κ1) is 19.0. The molecule has 8 nitrogen and oxygen atoms in total. The molecule has 2 aliphatic rings. The standard InChI is InChI=1S/C17H26N6O2S/c1-2-23-15(22-8-10-25-11-9-22)20-21-16(23)26-12-14(24)19-17(13-18)6-4-3-5-7-17/h2-12H2,1H3,(H,19,24). The number of nitrogens with zero attached hydrogens (tertiary/aromatic N) is 5. The van der Waals surface area contributed by atoms with E-state index in [1.807, 2.05) is 11.5 Å². The lowest BCUT2D eigenvalue weighted by atomic mass is 9.83. The van der Waals surface area contributed by atoms with Gasteiger partial charge in [0.2, 0.25) is 11.9 Å². The SMILES string of the molecule is CCn1c(SCC(=O)NC2(C#N)CCCCC2)nnc1N1CCOCC1. The van der Waals surface area contributed by atoms with Gasteiger partial charge in [-0.2, -0.15) is 5.26 Å². The van der Waals surface area contributed by atoms with Gasteiger partial charge in [-0.25, -0.2) is 0 Å². The van der Waals surface area contributed by atoms with Crippen LogP contribution in [-0.4, -0.2) is 58.3 Å². The smallest absolute Gasteiger partial charge is 0.231 e. The highest BCUT2D eigenvalue weighted by Crippen LogP contribution is 2.28. The minimum atomic E-state index is -0.687. The molecule has 1 aromatic rings. The van der Waals surface area contributed by atoms with Crippen molar-refractivity contribution in [2.75, 3.05) is 37.0 Å². The summed E-state index contributed by atoms with van der Waals surface area (Å²) in [4.78, 5) is 14.6. The molecule has 0 aromatic carbocycles. The summed E-state index contributed by atoms with van der Waals surface area (Å²) in [7, 11) is 0. The number of hydrogen-bond acceptors (Lipinski definition) is 7. The zero-order valence-corrected chi connectivity index (χ0v) is 16.1. The number of nitrogens with one attached hydrogen (secondary N) is 1. The first-order chi connectivity index (χ1) is 12.7. The van der Waals surface area contributed by atoms with Crippen molar-refractivity contribution in [1.29, 1.82) is 5.26 Å². The van der Waals surface area contributed by atoms with E-state index in [1.165, 1.54) is 11.8 Å². The zero-order chi connectivity index (χ0) is 18.4. The van der Waals surface area contributed by atoms with Crippen LogP contribution in [0.3, 0.4) is 0 Å². The third-order valence-corrected chi connectivity index (χ3v) is 5.91. The Hall–Kier alpha value is -1.79. The van der Waals surface area contributed by atoms with Gasteiger partial charge in [-0.1, -0.05) is 31.0 Å². The van der Waals surface area contributed by atoms with Crippen molar-refractivity contribution in [3.05, 3.63) is 0 Å². The van der Waals surface area contributed by atoms with Gasteiger partial charge in [0.25, 0.3) is 0 Å². The normalized spacial score (nSPS) is 19.8. The zero-order valence-electron chi connectivity index (χ0n) is 15.2. The number of carbonyl (C=O) groups excluding carboxylic acids is 1. The minimum absolute atomic E-state index is 0.114. The Morgan fingerprint density at radius 3 is 2.69 bits per heavy atom. The number of anilines is 1. The van der Waals surface area contributed by atoms with Crippen molar-refractivity contribution in [2.24, 2.45) is 0 Å². The van der Waals surface area contributed by atoms with Crippen LogP contribution in [0.15, 0.2) is 5.16 Å². The van der Waals surface area contributed by atoms with Gasteiger partial charge >= 0.3 is 0 Å². The molecule has 0 radical (unpaired) electrons. The number of nitriles is 1. The first-order valence-corrected chi connectivity index (χ1v) is 10.3. The van der Waals surface area contributed by atoms with E-state index in [0.29, 0.717) is 13.2 Å². The molecule has 1 N–H and O–H groups in total. The Morgan fingerprint density at radius 2 is 2.04 bits per heavy atom. The number of ether oxygens (including phenoxy) is 1. The third kappa shape index (κ3) is 4.30. The van der Waals surface area contributed by atoms with Gasteiger partial charge in [-0.3, -0.25) is 9.36 Å². The minimum Gasteiger partial charge on any atom is -0.378 e. The molecule has 1 aromatic heterocycles. The second-order valence-corrected chi connectivity index (χ2v) is 7.66. The van der Waals surface area contributed by atoms with Crippen LogP contribution in [0.2, 0.25) is 0 Å². The van der Waals surface area contributed by atoms with Gasteiger partial charge in [0.1, 0.15) is 5.54 Å². The summed E-state index contributed by atoms with van der Waals surface area (Å²) in [5, 5.41) is 21.8. The summed E-state index contributed by atoms with van der Waals surface area (Å²) in [6.45, 7) is 5.77. The molecule has 1 aliphatic heterocycles. The van der Waals surface area contributed by atoms with Crippen LogP contribution in [0.25, 0.3) is 0 Å². The number of hydrogen-bond donors (Lipinski definition) is 1. The summed E-state index contributed by atoms with van der Waals surface area (Å²) in [5.74, 6) is 0.960. The summed E-state index contributed by atoms with van der Waals surface area (Å²) >= 11 is 1.37. The van der Waals surface area contributed by atoms with Crippen molar-refractivity contribution in [2.45, 2.75) is 56.3 Å². The van der Waals surface area contributed by atoms with E-state index >= 15 is 0 Å². The first-order valence-electron chi connectivity index (χ1n) is 9.28. The van der Waals surface area contributed by atoms with E-state index in [9.17, 15) is 10.1 Å². The average Bonchev–Trinajstić information content (AvgIpc) is 3.10. The third-order valence-electron chi connectivity index (χ3n) is 4.94. The van der Waals surface area contributed by atoms with Gasteiger partial charge in [-0.05, 0) is 19.8 Å². The Kier molecular flexibility index (Phi) is 6.38. The molecule has 0 atom stereocenters. The van der Waals surface area contributed by atoms with E-state index in [0.717, 1.165) is 62.8 Å². The highest BCUT2D eigenvalue weighted by Gasteiger charge is 2.33. The van der Waals surface area contributed by atoms with Gasteiger partial charge < -0.3 is 15.0 Å². The molecule has 1 aliphatic carbocycles. The van der Waals surface area contributed by atoms with Crippen LogP contribution in [-0.2, 0) is 16.1 Å². The molecule has 1 saturated heterocycles. The summed E-state index contributed by atoms with van der Waals surface area (Å²) in [6.07, 6.45) is 4.61. The van der Waals surface area contributed by atoms with Crippen LogP contribution in [0, 0.1) is 11.3 Å². The topological polar surface area (TPSA) is 96.1 Å². The fraction of sp³-hybridized carbons (Fsp3) is 0.765. The van der Waals surface area contributed by atoms with Crippen LogP contribution in [0.1, 0.15) is 39.0 Å². The van der Waals surface area contributed by atoms with E-state index in [-0.39, 0.29) is 11.7 Å². The predicted molar refractivity (Wildman–Crippen MR) is 99.0 cm³/mol. The molecule has 1 amide bonds. The van der Waals surface area contributed by atoms with Crippen molar-refractivity contribution in [3.8, 4) is 6.07 Å². The molecule has 2 fully saturated rings. The van der Waals surface area contributed by atoms with E-state index in [2.05, 4.69) is 26.5 Å². The molecule has 2 heterocycles. The number of morpholine rings is 1. The summed E-state index contributed by atoms with van der Waals surface area (Å²) in [5.41, 5.74) is -0.687. The van der Waals surface area contributed by atoms with Gasteiger partial charge in [0, 0.05) is 19.6 Å². The molecule has 0 bridgehead atoms. The second-order valence-electron chi connectivity index (χ2n) is 6.72. The van der Waals surface area contributed by atoms with Crippen molar-refractivity contribution in [1.82, 2.24) is 20.1 Å². The molecule has 0 spiro atoms. The number of carbonyl (C=O) groups is 1. The lowest BCUT2D eigenvalue weighted by Crippen LogP contribution is -2.49. The van der Waals surface area contributed by atoms with Crippen LogP contribution < -0.4 is 10.2 Å². The maximum Gasteiger partial charge on any atom is 0.231 e. The van der Waals surface area contributed by atoms with Crippen molar-refractivity contribution in [3.63, 3.8) is 0 Å². The maximum absolute atomic E-state index is 12.4. The quantitative estimate of drug-likeness (QED) is 0.751. The molecule has 1 saturated carbocycles. The monoisotopic (exact) mass is 378 g/mol. The lowest BCUT2D eigenvalue weighted by molar-refractivity contribution is -0.120.